The SMILES string of the molecule is Oc1cc(-c2ccc(C3CC3)cc2)ccc1C1CC1. The molecule has 1 heteroatoms. The topological polar surface area (TPSA) is 20.2 Å². The molecule has 2 aromatic rings. The molecule has 2 fully saturated rings. The molecule has 19 heavy (non-hydrogen) atoms. The van der Waals surface area contributed by atoms with Crippen LogP contribution in [0.25, 0.3) is 11.1 Å². The Hall–Kier alpha value is -1.76. The number of phenolic OH excluding ortho intramolecular Hbond substituents is 1. The van der Waals surface area contributed by atoms with Crippen LogP contribution in [0.1, 0.15) is 48.6 Å². The van der Waals surface area contributed by atoms with Crippen molar-refractivity contribution in [1.82, 2.24) is 0 Å². The summed E-state index contributed by atoms with van der Waals surface area (Å²) in [5.41, 5.74) is 4.90. The Bertz CT molecular complexity index is 604. The molecule has 0 bridgehead atoms. The molecular formula is C18H18O. The van der Waals surface area contributed by atoms with Crippen molar-refractivity contribution in [3.63, 3.8) is 0 Å². The lowest BCUT2D eigenvalue weighted by Gasteiger charge is -2.07. The summed E-state index contributed by atoms with van der Waals surface area (Å²) in [6.07, 6.45) is 5.14. The van der Waals surface area contributed by atoms with E-state index in [0.717, 1.165) is 17.0 Å². The average molecular weight is 250 g/mol. The second-order valence-corrected chi connectivity index (χ2v) is 5.94. The molecule has 0 radical (unpaired) electrons. The van der Waals surface area contributed by atoms with Gasteiger partial charge in [-0.2, -0.15) is 0 Å². The molecule has 0 unspecified atom stereocenters. The van der Waals surface area contributed by atoms with Gasteiger partial charge in [-0.1, -0.05) is 36.4 Å². The fraction of sp³-hybridized carbons (Fsp3) is 0.333. The summed E-state index contributed by atoms with van der Waals surface area (Å²) < 4.78 is 0. The summed E-state index contributed by atoms with van der Waals surface area (Å²) >= 11 is 0. The summed E-state index contributed by atoms with van der Waals surface area (Å²) in [5, 5.41) is 10.1. The van der Waals surface area contributed by atoms with Crippen LogP contribution in [0.4, 0.5) is 0 Å². The Morgan fingerprint density at radius 1 is 0.737 bits per heavy atom. The summed E-state index contributed by atoms with van der Waals surface area (Å²) in [6.45, 7) is 0. The van der Waals surface area contributed by atoms with E-state index in [9.17, 15) is 5.11 Å². The van der Waals surface area contributed by atoms with Crippen molar-refractivity contribution < 1.29 is 5.11 Å². The Labute approximate surface area is 113 Å². The Kier molecular flexibility index (Phi) is 2.41. The van der Waals surface area contributed by atoms with E-state index in [-0.39, 0.29) is 0 Å². The maximum absolute atomic E-state index is 10.1. The van der Waals surface area contributed by atoms with Gasteiger partial charge in [0.05, 0.1) is 0 Å². The molecule has 0 saturated heterocycles. The van der Waals surface area contributed by atoms with Crippen LogP contribution in [0, 0.1) is 0 Å². The monoisotopic (exact) mass is 250 g/mol. The fourth-order valence-electron chi connectivity index (χ4n) is 2.83. The van der Waals surface area contributed by atoms with Gasteiger partial charge in [0.2, 0.25) is 0 Å². The van der Waals surface area contributed by atoms with Gasteiger partial charge in [-0.15, -0.1) is 0 Å². The maximum Gasteiger partial charge on any atom is 0.119 e. The molecule has 4 rings (SSSR count). The molecule has 0 aromatic heterocycles. The van der Waals surface area contributed by atoms with Crippen LogP contribution in [0.5, 0.6) is 5.75 Å². The zero-order valence-electron chi connectivity index (χ0n) is 11.0. The minimum absolute atomic E-state index is 0.464. The van der Waals surface area contributed by atoms with E-state index < -0.39 is 0 Å². The molecule has 0 aliphatic heterocycles. The quantitative estimate of drug-likeness (QED) is 0.828. The Balaban J connectivity index is 1.65. The third kappa shape index (κ3) is 2.14. The van der Waals surface area contributed by atoms with E-state index in [1.165, 1.54) is 36.8 Å². The highest BCUT2D eigenvalue weighted by molar-refractivity contribution is 5.66. The molecule has 2 aliphatic carbocycles. The summed E-state index contributed by atoms with van der Waals surface area (Å²) in [4.78, 5) is 0. The summed E-state index contributed by atoms with van der Waals surface area (Å²) in [5.74, 6) is 1.87. The van der Waals surface area contributed by atoms with Crippen LogP contribution in [0.15, 0.2) is 42.5 Å². The summed E-state index contributed by atoms with van der Waals surface area (Å²) in [7, 11) is 0. The smallest absolute Gasteiger partial charge is 0.119 e. The predicted octanol–water partition coefficient (Wildman–Crippen LogP) is 4.81. The fourth-order valence-corrected chi connectivity index (χ4v) is 2.83. The van der Waals surface area contributed by atoms with Crippen LogP contribution in [-0.4, -0.2) is 5.11 Å². The lowest BCUT2D eigenvalue weighted by molar-refractivity contribution is 0.468. The van der Waals surface area contributed by atoms with Crippen LogP contribution in [0.2, 0.25) is 0 Å². The van der Waals surface area contributed by atoms with Gasteiger partial charge in [-0.3, -0.25) is 0 Å². The van der Waals surface area contributed by atoms with Crippen molar-refractivity contribution in [3.05, 3.63) is 53.6 Å². The number of hydrogen-bond acceptors (Lipinski definition) is 1. The number of phenols is 1. The van der Waals surface area contributed by atoms with Gasteiger partial charge >= 0.3 is 0 Å². The van der Waals surface area contributed by atoms with E-state index in [0.29, 0.717) is 11.7 Å². The van der Waals surface area contributed by atoms with Crippen molar-refractivity contribution in [2.24, 2.45) is 0 Å². The number of aromatic hydroxyl groups is 1. The number of hydrogen-bond donors (Lipinski definition) is 1. The largest absolute Gasteiger partial charge is 0.508 e. The molecular weight excluding hydrogens is 232 g/mol. The van der Waals surface area contributed by atoms with Gasteiger partial charge in [0, 0.05) is 0 Å². The second-order valence-electron chi connectivity index (χ2n) is 5.94. The van der Waals surface area contributed by atoms with Gasteiger partial charge in [0.25, 0.3) is 0 Å². The van der Waals surface area contributed by atoms with Crippen molar-refractivity contribution in [2.45, 2.75) is 37.5 Å². The first-order valence-corrected chi connectivity index (χ1v) is 7.24. The molecule has 2 aromatic carbocycles. The highest BCUT2D eigenvalue weighted by Crippen LogP contribution is 2.45. The molecule has 1 N–H and O–H groups in total. The van der Waals surface area contributed by atoms with Gasteiger partial charge in [0.1, 0.15) is 5.75 Å². The molecule has 0 heterocycles. The number of rotatable bonds is 3. The second kappa shape index (κ2) is 4.12. The Morgan fingerprint density at radius 2 is 1.37 bits per heavy atom. The first-order valence-electron chi connectivity index (χ1n) is 7.24. The van der Waals surface area contributed by atoms with Gasteiger partial charge in [0.15, 0.2) is 0 Å². The van der Waals surface area contributed by atoms with E-state index in [4.69, 9.17) is 0 Å². The zero-order valence-corrected chi connectivity index (χ0v) is 11.0. The van der Waals surface area contributed by atoms with Crippen LogP contribution >= 0.6 is 0 Å². The molecule has 2 aliphatic rings. The van der Waals surface area contributed by atoms with E-state index >= 15 is 0 Å². The Morgan fingerprint density at radius 3 is 1.95 bits per heavy atom. The molecule has 0 amide bonds. The number of benzene rings is 2. The first-order chi connectivity index (χ1) is 9.31. The zero-order chi connectivity index (χ0) is 12.8. The maximum atomic E-state index is 10.1. The van der Waals surface area contributed by atoms with Crippen molar-refractivity contribution in [3.8, 4) is 16.9 Å². The standard InChI is InChI=1S/C18H18O/c19-18-11-16(9-10-17(18)15-7-8-15)14-5-3-13(4-6-14)12-1-2-12/h3-6,9-12,15,19H,1-2,7-8H2. The van der Waals surface area contributed by atoms with Crippen LogP contribution < -0.4 is 0 Å². The van der Waals surface area contributed by atoms with Crippen LogP contribution in [0.3, 0.4) is 0 Å². The highest BCUT2D eigenvalue weighted by Gasteiger charge is 2.26. The molecule has 0 spiro atoms. The van der Waals surface area contributed by atoms with Crippen LogP contribution in [-0.2, 0) is 0 Å². The van der Waals surface area contributed by atoms with Gasteiger partial charge in [-0.05, 0) is 65.8 Å². The molecule has 0 atom stereocenters. The normalized spacial score (nSPS) is 18.5. The molecule has 2 saturated carbocycles. The average Bonchev–Trinajstić information content (AvgIpc) is 3.30. The van der Waals surface area contributed by atoms with Crippen molar-refractivity contribution >= 4 is 0 Å². The predicted molar refractivity (Wildman–Crippen MR) is 77.5 cm³/mol. The van der Waals surface area contributed by atoms with E-state index in [1.807, 2.05) is 6.07 Å². The molecule has 96 valence electrons. The van der Waals surface area contributed by atoms with Crippen molar-refractivity contribution in [1.29, 1.82) is 0 Å². The minimum Gasteiger partial charge on any atom is -0.508 e. The highest BCUT2D eigenvalue weighted by atomic mass is 16.3. The lowest BCUT2D eigenvalue weighted by Crippen LogP contribution is -1.84. The third-order valence-electron chi connectivity index (χ3n) is 4.34. The van der Waals surface area contributed by atoms with E-state index in [2.05, 4.69) is 36.4 Å². The summed E-state index contributed by atoms with van der Waals surface area (Å²) in [6, 6.07) is 15.0. The minimum atomic E-state index is 0.464. The lowest BCUT2D eigenvalue weighted by atomic mass is 9.99. The first kappa shape index (κ1) is 11.1. The van der Waals surface area contributed by atoms with Crippen molar-refractivity contribution in [2.75, 3.05) is 0 Å². The van der Waals surface area contributed by atoms with E-state index in [1.54, 1.807) is 0 Å². The van der Waals surface area contributed by atoms with Gasteiger partial charge in [-0.25, -0.2) is 0 Å². The van der Waals surface area contributed by atoms with Gasteiger partial charge < -0.3 is 5.11 Å². The third-order valence-corrected chi connectivity index (χ3v) is 4.34. The molecule has 1 nitrogen and oxygen atoms in total.